The van der Waals surface area contributed by atoms with E-state index in [2.05, 4.69) is 38.7 Å². The fourth-order valence-corrected chi connectivity index (χ4v) is 2.92. The molecule has 3 rings (SSSR count). The Kier molecular flexibility index (Phi) is 3.78. The number of aromatic amines is 1. The second kappa shape index (κ2) is 5.71. The van der Waals surface area contributed by atoms with Gasteiger partial charge in [-0.15, -0.1) is 0 Å². The van der Waals surface area contributed by atoms with Crippen LogP contribution in [-0.4, -0.2) is 44.0 Å². The molecule has 20 heavy (non-hydrogen) atoms. The molecule has 2 aromatic heterocycles. The first kappa shape index (κ1) is 13.2. The summed E-state index contributed by atoms with van der Waals surface area (Å²) in [6.07, 6.45) is 9.51. The van der Waals surface area contributed by atoms with Gasteiger partial charge in [0.25, 0.3) is 0 Å². The van der Waals surface area contributed by atoms with Crippen molar-refractivity contribution in [1.29, 1.82) is 0 Å². The van der Waals surface area contributed by atoms with Crippen LogP contribution in [0.25, 0.3) is 11.5 Å². The van der Waals surface area contributed by atoms with E-state index in [4.69, 9.17) is 0 Å². The molecule has 1 N–H and O–H groups in total. The van der Waals surface area contributed by atoms with Gasteiger partial charge in [0, 0.05) is 43.3 Å². The molecule has 5 heteroatoms. The molecule has 1 aliphatic rings. The molecule has 5 nitrogen and oxygen atoms in total. The van der Waals surface area contributed by atoms with E-state index in [1.807, 2.05) is 6.20 Å². The number of piperidine rings is 1. The topological polar surface area (TPSA) is 57.7 Å². The van der Waals surface area contributed by atoms with Crippen molar-refractivity contribution < 1.29 is 0 Å². The summed E-state index contributed by atoms with van der Waals surface area (Å²) in [5.74, 6) is 1.26. The normalized spacial score (nSPS) is 20.4. The molecule has 1 atom stereocenters. The van der Waals surface area contributed by atoms with Crippen LogP contribution >= 0.6 is 0 Å². The van der Waals surface area contributed by atoms with Crippen LogP contribution in [0.3, 0.4) is 0 Å². The minimum absolute atomic E-state index is 0.444. The van der Waals surface area contributed by atoms with Crippen molar-refractivity contribution in [2.75, 3.05) is 13.1 Å². The zero-order valence-electron chi connectivity index (χ0n) is 12.1. The Morgan fingerprint density at radius 2 is 2.05 bits per heavy atom. The number of imidazole rings is 1. The third-order valence-corrected chi connectivity index (χ3v) is 4.02. The molecular formula is C15H21N5. The summed E-state index contributed by atoms with van der Waals surface area (Å²) in [7, 11) is 0. The first-order valence-electron chi connectivity index (χ1n) is 7.30. The average Bonchev–Trinajstić information content (AvgIpc) is 3.01. The monoisotopic (exact) mass is 271 g/mol. The molecule has 0 aromatic carbocycles. The fraction of sp³-hybridized carbons (Fsp3) is 0.533. The van der Waals surface area contributed by atoms with Gasteiger partial charge in [0.15, 0.2) is 5.82 Å². The van der Waals surface area contributed by atoms with Crippen LogP contribution in [0.1, 0.15) is 38.3 Å². The van der Waals surface area contributed by atoms with Crippen molar-refractivity contribution in [2.24, 2.45) is 0 Å². The molecule has 1 saturated heterocycles. The van der Waals surface area contributed by atoms with E-state index in [1.165, 1.54) is 19.4 Å². The van der Waals surface area contributed by atoms with Crippen LogP contribution in [0.2, 0.25) is 0 Å². The second-order valence-electron chi connectivity index (χ2n) is 5.66. The summed E-state index contributed by atoms with van der Waals surface area (Å²) in [6.45, 7) is 6.76. The largest absolute Gasteiger partial charge is 0.343 e. The lowest BCUT2D eigenvalue weighted by Crippen LogP contribution is -2.39. The van der Waals surface area contributed by atoms with E-state index in [1.54, 1.807) is 18.6 Å². The Bertz CT molecular complexity index is 549. The maximum Gasteiger partial charge on any atom is 0.157 e. The predicted molar refractivity (Wildman–Crippen MR) is 78.3 cm³/mol. The lowest BCUT2D eigenvalue weighted by Gasteiger charge is -2.35. The van der Waals surface area contributed by atoms with Gasteiger partial charge >= 0.3 is 0 Å². The number of likely N-dealkylation sites (tertiary alicyclic amines) is 1. The van der Waals surface area contributed by atoms with Crippen LogP contribution < -0.4 is 0 Å². The van der Waals surface area contributed by atoms with Gasteiger partial charge in [-0.1, -0.05) is 0 Å². The Balaban J connectivity index is 1.90. The number of nitrogens with zero attached hydrogens (tertiary/aromatic N) is 4. The summed E-state index contributed by atoms with van der Waals surface area (Å²) >= 11 is 0. The Morgan fingerprint density at radius 1 is 1.20 bits per heavy atom. The van der Waals surface area contributed by atoms with Gasteiger partial charge in [-0.3, -0.25) is 4.98 Å². The molecule has 0 aliphatic carbocycles. The van der Waals surface area contributed by atoms with E-state index in [9.17, 15) is 0 Å². The molecule has 0 spiro atoms. The lowest BCUT2D eigenvalue weighted by molar-refractivity contribution is 0.166. The molecule has 3 heterocycles. The number of nitrogens with one attached hydrogen (secondary N) is 1. The van der Waals surface area contributed by atoms with Crippen LogP contribution in [-0.2, 0) is 0 Å². The molecule has 0 unspecified atom stereocenters. The van der Waals surface area contributed by atoms with E-state index in [0.717, 1.165) is 23.8 Å². The zero-order chi connectivity index (χ0) is 13.9. The second-order valence-corrected chi connectivity index (χ2v) is 5.66. The molecular weight excluding hydrogens is 250 g/mol. The highest BCUT2D eigenvalue weighted by atomic mass is 15.2. The van der Waals surface area contributed by atoms with Crippen molar-refractivity contribution >= 4 is 0 Å². The molecule has 0 amide bonds. The maximum atomic E-state index is 4.60. The molecule has 2 aromatic rings. The summed E-state index contributed by atoms with van der Waals surface area (Å²) in [4.78, 5) is 19.1. The van der Waals surface area contributed by atoms with Crippen molar-refractivity contribution in [2.45, 2.75) is 38.6 Å². The van der Waals surface area contributed by atoms with Crippen molar-refractivity contribution in [3.8, 4) is 11.5 Å². The van der Waals surface area contributed by atoms with Crippen LogP contribution in [0.4, 0.5) is 0 Å². The summed E-state index contributed by atoms with van der Waals surface area (Å²) in [5, 5.41) is 0. The Labute approximate surface area is 119 Å². The van der Waals surface area contributed by atoms with Gasteiger partial charge in [0.2, 0.25) is 0 Å². The standard InChI is InChI=1S/C15H21N5/c1-11(2)20-9-3-4-12(10-20)13-14(17-6-5-16-13)15-18-7-8-19-15/h5-8,11-12H,3-4,9-10H2,1-2H3,(H,18,19)/t12-/m0/s1. The molecule has 0 saturated carbocycles. The summed E-state index contributed by atoms with van der Waals surface area (Å²) in [6, 6.07) is 0.585. The Hall–Kier alpha value is -1.75. The average molecular weight is 271 g/mol. The van der Waals surface area contributed by atoms with Gasteiger partial charge in [-0.2, -0.15) is 0 Å². The smallest absolute Gasteiger partial charge is 0.157 e. The first-order chi connectivity index (χ1) is 9.75. The predicted octanol–water partition coefficient (Wildman–Crippen LogP) is 2.45. The highest BCUT2D eigenvalue weighted by molar-refractivity contribution is 5.53. The third kappa shape index (κ3) is 2.58. The SMILES string of the molecule is CC(C)N1CCC[C@H](c2nccnc2-c2ncc[nH]2)C1. The first-order valence-corrected chi connectivity index (χ1v) is 7.30. The number of hydrogen-bond donors (Lipinski definition) is 1. The molecule has 1 fully saturated rings. The Morgan fingerprint density at radius 3 is 2.80 bits per heavy atom. The van der Waals surface area contributed by atoms with Gasteiger partial charge in [-0.25, -0.2) is 9.97 Å². The van der Waals surface area contributed by atoms with Crippen LogP contribution in [0.15, 0.2) is 24.8 Å². The van der Waals surface area contributed by atoms with Crippen LogP contribution in [0.5, 0.6) is 0 Å². The maximum absolute atomic E-state index is 4.60. The molecule has 0 radical (unpaired) electrons. The number of H-pyrrole nitrogens is 1. The van der Waals surface area contributed by atoms with E-state index >= 15 is 0 Å². The quantitative estimate of drug-likeness (QED) is 0.931. The van der Waals surface area contributed by atoms with Crippen molar-refractivity contribution in [1.82, 2.24) is 24.8 Å². The third-order valence-electron chi connectivity index (χ3n) is 4.02. The number of aromatic nitrogens is 4. The van der Waals surface area contributed by atoms with Gasteiger partial charge < -0.3 is 9.88 Å². The van der Waals surface area contributed by atoms with E-state index in [-0.39, 0.29) is 0 Å². The van der Waals surface area contributed by atoms with Gasteiger partial charge in [0.05, 0.1) is 5.69 Å². The summed E-state index contributed by atoms with van der Waals surface area (Å²) in [5.41, 5.74) is 1.97. The minimum atomic E-state index is 0.444. The van der Waals surface area contributed by atoms with Gasteiger partial charge in [-0.05, 0) is 33.2 Å². The van der Waals surface area contributed by atoms with E-state index in [0.29, 0.717) is 12.0 Å². The van der Waals surface area contributed by atoms with Crippen molar-refractivity contribution in [3.05, 3.63) is 30.5 Å². The number of hydrogen-bond acceptors (Lipinski definition) is 4. The van der Waals surface area contributed by atoms with Gasteiger partial charge in [0.1, 0.15) is 5.69 Å². The summed E-state index contributed by atoms with van der Waals surface area (Å²) < 4.78 is 0. The lowest BCUT2D eigenvalue weighted by atomic mass is 9.92. The number of rotatable bonds is 3. The molecule has 0 bridgehead atoms. The zero-order valence-corrected chi connectivity index (χ0v) is 12.1. The highest BCUT2D eigenvalue weighted by Crippen LogP contribution is 2.30. The minimum Gasteiger partial charge on any atom is -0.343 e. The van der Waals surface area contributed by atoms with E-state index < -0.39 is 0 Å². The molecule has 106 valence electrons. The van der Waals surface area contributed by atoms with Crippen LogP contribution in [0, 0.1) is 0 Å². The van der Waals surface area contributed by atoms with Crippen molar-refractivity contribution in [3.63, 3.8) is 0 Å². The molecule has 1 aliphatic heterocycles. The fourth-order valence-electron chi connectivity index (χ4n) is 2.92. The highest BCUT2D eigenvalue weighted by Gasteiger charge is 2.26.